The minimum Gasteiger partial charge on any atom is -0.471 e. The summed E-state index contributed by atoms with van der Waals surface area (Å²) in [4.78, 5) is 8.48. The van der Waals surface area contributed by atoms with E-state index in [2.05, 4.69) is 51.2 Å². The van der Waals surface area contributed by atoms with Crippen LogP contribution in [-0.2, 0) is 13.0 Å². The van der Waals surface area contributed by atoms with Gasteiger partial charge >= 0.3 is 0 Å². The molecule has 2 aliphatic heterocycles. The van der Waals surface area contributed by atoms with Crippen LogP contribution in [0.3, 0.4) is 0 Å². The molecule has 3 aromatic rings. The predicted octanol–water partition coefficient (Wildman–Crippen LogP) is 3.38. The molecular formula is C20H21N3O. The maximum atomic E-state index is 5.75. The summed E-state index contributed by atoms with van der Waals surface area (Å²) in [7, 11) is 0. The van der Waals surface area contributed by atoms with E-state index in [1.54, 1.807) is 0 Å². The van der Waals surface area contributed by atoms with Gasteiger partial charge < -0.3 is 14.6 Å². The third-order valence-electron chi connectivity index (χ3n) is 5.23. The van der Waals surface area contributed by atoms with Crippen LogP contribution in [-0.4, -0.2) is 36.2 Å². The lowest BCUT2D eigenvalue weighted by atomic mass is 10.0. The van der Waals surface area contributed by atoms with Crippen molar-refractivity contribution in [3.05, 3.63) is 59.8 Å². The highest BCUT2D eigenvalue weighted by Crippen LogP contribution is 2.33. The Balaban J connectivity index is 1.29. The Labute approximate surface area is 141 Å². The molecule has 24 heavy (non-hydrogen) atoms. The Morgan fingerprint density at radius 3 is 2.88 bits per heavy atom. The molecule has 0 saturated heterocycles. The number of rotatable bonds is 3. The molecule has 4 heteroatoms. The topological polar surface area (TPSA) is 31.5 Å². The number of nitrogens with one attached hydrogen (secondary N) is 1. The Hall–Kier alpha value is -2.46. The van der Waals surface area contributed by atoms with Crippen molar-refractivity contribution in [1.82, 2.24) is 9.88 Å². The van der Waals surface area contributed by atoms with Crippen molar-refractivity contribution in [2.45, 2.75) is 13.0 Å². The molecule has 0 unspecified atom stereocenters. The number of ether oxygens (including phenoxy) is 1. The molecule has 0 spiro atoms. The first-order valence-corrected chi connectivity index (χ1v) is 8.66. The van der Waals surface area contributed by atoms with Crippen molar-refractivity contribution < 1.29 is 4.74 Å². The van der Waals surface area contributed by atoms with Crippen LogP contribution in [0.2, 0.25) is 0 Å². The van der Waals surface area contributed by atoms with E-state index in [0.717, 1.165) is 38.3 Å². The monoisotopic (exact) mass is 319 g/mol. The zero-order chi connectivity index (χ0) is 15.9. The summed E-state index contributed by atoms with van der Waals surface area (Å²) in [6.07, 6.45) is 1.13. The van der Waals surface area contributed by atoms with Crippen molar-refractivity contribution in [3.63, 3.8) is 0 Å². The third kappa shape index (κ3) is 2.26. The zero-order valence-electron chi connectivity index (χ0n) is 13.7. The standard InChI is InChI=1S/C20H21N3O/c1-2-6-17-15(5-1)16-9-10-22(13-18(16)21-17)11-12-23-14-24-20-8-4-3-7-19(20)23/h1-8,21H,9-14H2. The number of anilines is 1. The molecule has 2 aliphatic rings. The van der Waals surface area contributed by atoms with Gasteiger partial charge in [0.2, 0.25) is 0 Å². The van der Waals surface area contributed by atoms with Crippen molar-refractivity contribution >= 4 is 16.6 Å². The lowest BCUT2D eigenvalue weighted by Gasteiger charge is -2.29. The fourth-order valence-corrected chi connectivity index (χ4v) is 3.94. The molecule has 5 rings (SSSR count). The number of H-pyrrole nitrogens is 1. The first-order valence-electron chi connectivity index (χ1n) is 8.66. The largest absolute Gasteiger partial charge is 0.471 e. The summed E-state index contributed by atoms with van der Waals surface area (Å²) in [5, 5.41) is 1.40. The van der Waals surface area contributed by atoms with Gasteiger partial charge in [-0.05, 0) is 30.2 Å². The second-order valence-electron chi connectivity index (χ2n) is 6.66. The van der Waals surface area contributed by atoms with E-state index < -0.39 is 0 Å². The number of para-hydroxylation sites is 3. The van der Waals surface area contributed by atoms with Gasteiger partial charge in [-0.2, -0.15) is 0 Å². The molecule has 0 bridgehead atoms. The number of nitrogens with zero attached hydrogens (tertiary/aromatic N) is 2. The average molecular weight is 319 g/mol. The van der Waals surface area contributed by atoms with Crippen LogP contribution in [0.4, 0.5) is 5.69 Å². The number of hydrogen-bond donors (Lipinski definition) is 1. The summed E-state index contributed by atoms with van der Waals surface area (Å²) in [5.41, 5.74) is 5.39. The maximum Gasteiger partial charge on any atom is 0.161 e. The Morgan fingerprint density at radius 1 is 1.00 bits per heavy atom. The highest BCUT2D eigenvalue weighted by molar-refractivity contribution is 5.84. The SMILES string of the molecule is c1ccc2c(c1)OCN2CCN1CCc2c([nH]c3ccccc23)C1. The number of aromatic amines is 1. The molecule has 2 aromatic carbocycles. The molecule has 0 atom stereocenters. The van der Waals surface area contributed by atoms with E-state index in [1.165, 1.54) is 27.8 Å². The Kier molecular flexibility index (Phi) is 3.23. The second-order valence-corrected chi connectivity index (χ2v) is 6.66. The molecular weight excluding hydrogens is 298 g/mol. The number of hydrogen-bond acceptors (Lipinski definition) is 3. The quantitative estimate of drug-likeness (QED) is 0.803. The number of fused-ring (bicyclic) bond motifs is 4. The molecule has 0 saturated carbocycles. The van der Waals surface area contributed by atoms with Gasteiger partial charge in [0, 0.05) is 42.8 Å². The molecule has 3 heterocycles. The van der Waals surface area contributed by atoms with Crippen LogP contribution < -0.4 is 9.64 Å². The average Bonchev–Trinajstić information content (AvgIpc) is 3.20. The lowest BCUT2D eigenvalue weighted by Crippen LogP contribution is -2.37. The normalized spacial score (nSPS) is 16.9. The smallest absolute Gasteiger partial charge is 0.161 e. The summed E-state index contributed by atoms with van der Waals surface area (Å²) in [6.45, 7) is 4.88. The van der Waals surface area contributed by atoms with E-state index in [0.29, 0.717) is 6.73 Å². The van der Waals surface area contributed by atoms with Crippen LogP contribution in [0, 0.1) is 0 Å². The fourth-order valence-electron chi connectivity index (χ4n) is 3.94. The molecule has 0 amide bonds. The van der Waals surface area contributed by atoms with Gasteiger partial charge in [0.15, 0.2) is 6.73 Å². The molecule has 1 aromatic heterocycles. The number of aromatic nitrogens is 1. The summed E-state index contributed by atoms with van der Waals surface area (Å²) >= 11 is 0. The van der Waals surface area contributed by atoms with Crippen LogP contribution in [0.5, 0.6) is 5.75 Å². The predicted molar refractivity (Wildman–Crippen MR) is 96.6 cm³/mol. The first-order chi connectivity index (χ1) is 11.9. The minimum atomic E-state index is 0.671. The summed E-state index contributed by atoms with van der Waals surface area (Å²) in [5.74, 6) is 1.01. The summed E-state index contributed by atoms with van der Waals surface area (Å²) < 4.78 is 5.75. The molecule has 122 valence electrons. The highest BCUT2D eigenvalue weighted by atomic mass is 16.5. The minimum absolute atomic E-state index is 0.671. The zero-order valence-corrected chi connectivity index (χ0v) is 13.7. The van der Waals surface area contributed by atoms with Gasteiger partial charge in [0.05, 0.1) is 5.69 Å². The van der Waals surface area contributed by atoms with E-state index in [1.807, 2.05) is 12.1 Å². The van der Waals surface area contributed by atoms with E-state index in [4.69, 9.17) is 4.74 Å². The van der Waals surface area contributed by atoms with Crippen molar-refractivity contribution in [2.24, 2.45) is 0 Å². The van der Waals surface area contributed by atoms with Gasteiger partial charge in [-0.3, -0.25) is 4.90 Å². The molecule has 0 radical (unpaired) electrons. The third-order valence-corrected chi connectivity index (χ3v) is 5.23. The molecule has 0 aliphatic carbocycles. The van der Waals surface area contributed by atoms with E-state index >= 15 is 0 Å². The van der Waals surface area contributed by atoms with Crippen molar-refractivity contribution in [3.8, 4) is 5.75 Å². The van der Waals surface area contributed by atoms with Gasteiger partial charge in [-0.15, -0.1) is 0 Å². The van der Waals surface area contributed by atoms with Gasteiger partial charge in [-0.25, -0.2) is 0 Å². The molecule has 1 N–H and O–H groups in total. The second kappa shape index (κ2) is 5.56. The van der Waals surface area contributed by atoms with Crippen LogP contribution in [0.25, 0.3) is 10.9 Å². The van der Waals surface area contributed by atoms with Crippen molar-refractivity contribution in [1.29, 1.82) is 0 Å². The molecule has 4 nitrogen and oxygen atoms in total. The van der Waals surface area contributed by atoms with Crippen LogP contribution in [0.1, 0.15) is 11.3 Å². The molecule has 0 fully saturated rings. The Morgan fingerprint density at radius 2 is 1.88 bits per heavy atom. The van der Waals surface area contributed by atoms with E-state index in [9.17, 15) is 0 Å². The lowest BCUT2D eigenvalue weighted by molar-refractivity contribution is 0.251. The van der Waals surface area contributed by atoms with E-state index in [-0.39, 0.29) is 0 Å². The van der Waals surface area contributed by atoms with Gasteiger partial charge in [-0.1, -0.05) is 30.3 Å². The first kappa shape index (κ1) is 13.9. The van der Waals surface area contributed by atoms with Crippen molar-refractivity contribution in [2.75, 3.05) is 31.3 Å². The van der Waals surface area contributed by atoms with Gasteiger partial charge in [0.25, 0.3) is 0 Å². The van der Waals surface area contributed by atoms with Gasteiger partial charge in [0.1, 0.15) is 5.75 Å². The maximum absolute atomic E-state index is 5.75. The Bertz CT molecular complexity index is 885. The van der Waals surface area contributed by atoms with Crippen LogP contribution in [0.15, 0.2) is 48.5 Å². The number of benzene rings is 2. The summed E-state index contributed by atoms with van der Waals surface area (Å²) in [6, 6.07) is 17.0. The highest BCUT2D eigenvalue weighted by Gasteiger charge is 2.23. The van der Waals surface area contributed by atoms with Crippen LogP contribution >= 0.6 is 0 Å². The fraction of sp³-hybridized carbons (Fsp3) is 0.300.